The second kappa shape index (κ2) is 5.85. The summed E-state index contributed by atoms with van der Waals surface area (Å²) in [6, 6.07) is 0.273. The Morgan fingerprint density at radius 2 is 2.10 bits per heavy atom. The van der Waals surface area contributed by atoms with Gasteiger partial charge in [-0.1, -0.05) is 13.3 Å². The first-order valence-electron chi connectivity index (χ1n) is 7.62. The smallest absolute Gasteiger partial charge is 0.322 e. The van der Waals surface area contributed by atoms with E-state index in [0.29, 0.717) is 17.7 Å². The van der Waals surface area contributed by atoms with E-state index in [0.717, 1.165) is 38.8 Å². The highest BCUT2D eigenvalue weighted by atomic mass is 16.2. The van der Waals surface area contributed by atoms with Crippen LogP contribution in [0.25, 0.3) is 11.2 Å². The van der Waals surface area contributed by atoms with E-state index in [4.69, 9.17) is 0 Å². The van der Waals surface area contributed by atoms with Gasteiger partial charge in [-0.05, 0) is 32.4 Å². The van der Waals surface area contributed by atoms with Crippen LogP contribution in [0, 0.1) is 0 Å². The SMILES string of the molecule is CCCCn1c(=O)[nH]c(=O)c2c1ncn2C1CCNCC1. The van der Waals surface area contributed by atoms with Crippen molar-refractivity contribution in [1.29, 1.82) is 0 Å². The molecule has 3 rings (SSSR count). The van der Waals surface area contributed by atoms with Crippen LogP contribution in [0.4, 0.5) is 0 Å². The standard InChI is InChI=1S/C14H21N5O2/c1-2-3-8-18-12-11(13(20)17-14(18)21)19(9-16-12)10-4-6-15-7-5-10/h9-10,15H,2-8H2,1H3,(H,17,20,21). The monoisotopic (exact) mass is 291 g/mol. The lowest BCUT2D eigenvalue weighted by molar-refractivity contribution is 0.374. The number of aromatic nitrogens is 4. The lowest BCUT2D eigenvalue weighted by Gasteiger charge is -2.24. The summed E-state index contributed by atoms with van der Waals surface area (Å²) < 4.78 is 3.52. The molecular formula is C14H21N5O2. The highest BCUT2D eigenvalue weighted by molar-refractivity contribution is 5.70. The molecular weight excluding hydrogens is 270 g/mol. The van der Waals surface area contributed by atoms with E-state index in [1.165, 1.54) is 0 Å². The van der Waals surface area contributed by atoms with Crippen LogP contribution in [-0.4, -0.2) is 32.2 Å². The summed E-state index contributed by atoms with van der Waals surface area (Å²) >= 11 is 0. The molecule has 0 aliphatic carbocycles. The third-order valence-electron chi connectivity index (χ3n) is 4.15. The number of fused-ring (bicyclic) bond motifs is 1. The van der Waals surface area contributed by atoms with Gasteiger partial charge in [0.05, 0.1) is 6.33 Å². The summed E-state index contributed by atoms with van der Waals surface area (Å²) in [7, 11) is 0. The van der Waals surface area contributed by atoms with Gasteiger partial charge in [-0.15, -0.1) is 0 Å². The Bertz CT molecular complexity index is 736. The van der Waals surface area contributed by atoms with Gasteiger partial charge in [-0.3, -0.25) is 14.3 Å². The molecule has 7 nitrogen and oxygen atoms in total. The molecule has 21 heavy (non-hydrogen) atoms. The average Bonchev–Trinajstić information content (AvgIpc) is 2.93. The molecule has 1 aliphatic rings. The minimum atomic E-state index is -0.364. The van der Waals surface area contributed by atoms with Gasteiger partial charge in [-0.2, -0.15) is 0 Å². The largest absolute Gasteiger partial charge is 0.330 e. The van der Waals surface area contributed by atoms with Crippen LogP contribution < -0.4 is 16.6 Å². The number of aromatic amines is 1. The van der Waals surface area contributed by atoms with E-state index in [-0.39, 0.29) is 17.3 Å². The molecule has 0 aromatic carbocycles. The fourth-order valence-electron chi connectivity index (χ4n) is 2.97. The fraction of sp³-hybridized carbons (Fsp3) is 0.643. The third-order valence-corrected chi connectivity index (χ3v) is 4.15. The molecule has 0 saturated carbocycles. The van der Waals surface area contributed by atoms with Crippen LogP contribution >= 0.6 is 0 Å². The number of nitrogens with one attached hydrogen (secondary N) is 2. The topological polar surface area (TPSA) is 84.7 Å². The van der Waals surface area contributed by atoms with E-state index in [9.17, 15) is 9.59 Å². The Labute approximate surface area is 122 Å². The first-order valence-corrected chi connectivity index (χ1v) is 7.62. The second-order valence-electron chi connectivity index (χ2n) is 5.57. The van der Waals surface area contributed by atoms with Crippen molar-refractivity contribution in [1.82, 2.24) is 24.4 Å². The molecule has 2 aromatic rings. The Kier molecular flexibility index (Phi) is 3.92. The molecule has 1 saturated heterocycles. The number of rotatable bonds is 4. The number of unbranched alkanes of at least 4 members (excludes halogenated alkanes) is 1. The molecule has 0 bridgehead atoms. The van der Waals surface area contributed by atoms with E-state index in [2.05, 4.69) is 22.2 Å². The first kappa shape index (κ1) is 14.1. The fourth-order valence-corrected chi connectivity index (χ4v) is 2.97. The highest BCUT2D eigenvalue weighted by Gasteiger charge is 2.20. The van der Waals surface area contributed by atoms with Crippen molar-refractivity contribution in [3.63, 3.8) is 0 Å². The summed E-state index contributed by atoms with van der Waals surface area (Å²) in [6.07, 6.45) is 5.53. The van der Waals surface area contributed by atoms with E-state index < -0.39 is 0 Å². The van der Waals surface area contributed by atoms with Gasteiger partial charge in [0.15, 0.2) is 11.2 Å². The minimum absolute atomic E-state index is 0.273. The Morgan fingerprint density at radius 1 is 1.33 bits per heavy atom. The summed E-state index contributed by atoms with van der Waals surface area (Å²) in [5, 5.41) is 3.31. The number of nitrogens with zero attached hydrogens (tertiary/aromatic N) is 3. The minimum Gasteiger partial charge on any atom is -0.322 e. The number of hydrogen-bond donors (Lipinski definition) is 2. The van der Waals surface area contributed by atoms with Crippen molar-refractivity contribution in [3.8, 4) is 0 Å². The Balaban J connectivity index is 2.12. The second-order valence-corrected chi connectivity index (χ2v) is 5.57. The summed E-state index contributed by atoms with van der Waals surface area (Å²) in [5.74, 6) is 0. The molecule has 0 atom stereocenters. The zero-order valence-electron chi connectivity index (χ0n) is 12.3. The van der Waals surface area contributed by atoms with E-state index in [1.807, 2.05) is 4.57 Å². The maximum absolute atomic E-state index is 12.2. The Hall–Kier alpha value is -1.89. The quantitative estimate of drug-likeness (QED) is 0.864. The third kappa shape index (κ3) is 2.53. The van der Waals surface area contributed by atoms with Crippen molar-refractivity contribution in [2.24, 2.45) is 0 Å². The van der Waals surface area contributed by atoms with Crippen LogP contribution in [0.1, 0.15) is 38.6 Å². The summed E-state index contributed by atoms with van der Waals surface area (Å²) in [5.41, 5.74) is 0.337. The average molecular weight is 291 g/mol. The molecule has 1 aliphatic heterocycles. The van der Waals surface area contributed by atoms with Crippen LogP contribution in [0.15, 0.2) is 15.9 Å². The van der Waals surface area contributed by atoms with E-state index in [1.54, 1.807) is 10.9 Å². The predicted octanol–water partition coefficient (Wildman–Crippen LogP) is 0.611. The van der Waals surface area contributed by atoms with Crippen molar-refractivity contribution in [3.05, 3.63) is 27.2 Å². The van der Waals surface area contributed by atoms with Gasteiger partial charge in [0.1, 0.15) is 0 Å². The number of aryl methyl sites for hydroxylation is 1. The molecule has 114 valence electrons. The first-order chi connectivity index (χ1) is 10.2. The number of hydrogen-bond acceptors (Lipinski definition) is 4. The maximum Gasteiger partial charge on any atom is 0.330 e. The van der Waals surface area contributed by atoms with Gasteiger partial charge in [0.25, 0.3) is 5.56 Å². The van der Waals surface area contributed by atoms with Crippen LogP contribution in [0.2, 0.25) is 0 Å². The van der Waals surface area contributed by atoms with Gasteiger partial charge in [0, 0.05) is 12.6 Å². The lowest BCUT2D eigenvalue weighted by Crippen LogP contribution is -2.33. The number of H-pyrrole nitrogens is 1. The van der Waals surface area contributed by atoms with Crippen LogP contribution in [0.3, 0.4) is 0 Å². The predicted molar refractivity (Wildman–Crippen MR) is 80.7 cm³/mol. The van der Waals surface area contributed by atoms with Gasteiger partial charge in [-0.25, -0.2) is 9.78 Å². The van der Waals surface area contributed by atoms with Gasteiger partial charge < -0.3 is 9.88 Å². The molecule has 0 amide bonds. The van der Waals surface area contributed by atoms with Gasteiger partial charge in [0.2, 0.25) is 0 Å². The van der Waals surface area contributed by atoms with Crippen LogP contribution in [-0.2, 0) is 6.54 Å². The summed E-state index contributed by atoms with van der Waals surface area (Å²) in [6.45, 7) is 4.54. The molecule has 3 heterocycles. The van der Waals surface area contributed by atoms with Crippen molar-refractivity contribution < 1.29 is 0 Å². The van der Waals surface area contributed by atoms with Crippen LogP contribution in [0.5, 0.6) is 0 Å². The molecule has 2 N–H and O–H groups in total. The highest BCUT2D eigenvalue weighted by Crippen LogP contribution is 2.21. The molecule has 2 aromatic heterocycles. The molecule has 7 heteroatoms. The maximum atomic E-state index is 12.2. The Morgan fingerprint density at radius 3 is 2.81 bits per heavy atom. The molecule has 0 radical (unpaired) electrons. The molecule has 0 spiro atoms. The van der Waals surface area contributed by atoms with Crippen molar-refractivity contribution in [2.45, 2.75) is 45.2 Å². The molecule has 0 unspecified atom stereocenters. The zero-order chi connectivity index (χ0) is 14.8. The molecule has 1 fully saturated rings. The zero-order valence-corrected chi connectivity index (χ0v) is 12.3. The lowest BCUT2D eigenvalue weighted by atomic mass is 10.1. The normalized spacial score (nSPS) is 16.6. The summed E-state index contributed by atoms with van der Waals surface area (Å²) in [4.78, 5) is 31.0. The van der Waals surface area contributed by atoms with E-state index >= 15 is 0 Å². The van der Waals surface area contributed by atoms with Gasteiger partial charge >= 0.3 is 5.69 Å². The number of imidazole rings is 1. The van der Waals surface area contributed by atoms with Crippen molar-refractivity contribution in [2.75, 3.05) is 13.1 Å². The number of piperidine rings is 1. The van der Waals surface area contributed by atoms with Crippen molar-refractivity contribution >= 4 is 11.2 Å².